The summed E-state index contributed by atoms with van der Waals surface area (Å²) in [6.07, 6.45) is 8.20. The van der Waals surface area contributed by atoms with E-state index in [2.05, 4.69) is 44.2 Å². The Hall–Kier alpha value is -3.06. The van der Waals surface area contributed by atoms with E-state index in [0.29, 0.717) is 12.5 Å². The number of benzene rings is 1. The lowest BCUT2D eigenvalue weighted by molar-refractivity contribution is 0.176. The molecule has 174 valence electrons. The summed E-state index contributed by atoms with van der Waals surface area (Å²) in [7, 11) is 1.69. The molecule has 1 saturated heterocycles. The minimum Gasteiger partial charge on any atom is -0.497 e. The van der Waals surface area contributed by atoms with Crippen LogP contribution in [0.3, 0.4) is 0 Å². The molecular formula is C26H34N6O. The maximum Gasteiger partial charge on any atom is 0.130 e. The molecule has 3 aromatic rings. The summed E-state index contributed by atoms with van der Waals surface area (Å²) in [6, 6.07) is 10.2. The van der Waals surface area contributed by atoms with E-state index < -0.39 is 0 Å². The molecular weight excluding hydrogens is 412 g/mol. The highest BCUT2D eigenvalue weighted by atomic mass is 16.5. The van der Waals surface area contributed by atoms with E-state index in [0.717, 1.165) is 66.9 Å². The van der Waals surface area contributed by atoms with Crippen LogP contribution in [0.4, 0.5) is 5.82 Å². The Labute approximate surface area is 196 Å². The predicted molar refractivity (Wildman–Crippen MR) is 130 cm³/mol. The highest BCUT2D eigenvalue weighted by Crippen LogP contribution is 2.23. The van der Waals surface area contributed by atoms with Gasteiger partial charge in [0.05, 0.1) is 7.11 Å². The number of nitrogens with one attached hydrogen (secondary N) is 1. The SMILES string of the molecule is CCc1ncc(CN2CCC(Cc3cc(NCc4cccc(OC)c4)nc(C)n3)CC2)cn1. The summed E-state index contributed by atoms with van der Waals surface area (Å²) in [4.78, 5) is 20.7. The summed E-state index contributed by atoms with van der Waals surface area (Å²) in [5.74, 6) is 4.13. The largest absolute Gasteiger partial charge is 0.497 e. The first-order valence-electron chi connectivity index (χ1n) is 11.8. The zero-order valence-electron chi connectivity index (χ0n) is 19.9. The molecule has 1 fully saturated rings. The highest BCUT2D eigenvalue weighted by molar-refractivity contribution is 5.38. The van der Waals surface area contributed by atoms with Crippen molar-refractivity contribution in [2.24, 2.45) is 5.92 Å². The maximum atomic E-state index is 5.32. The fraction of sp³-hybridized carbons (Fsp3) is 0.462. The molecule has 0 unspecified atom stereocenters. The Balaban J connectivity index is 1.28. The lowest BCUT2D eigenvalue weighted by Crippen LogP contribution is -2.34. The molecule has 0 radical (unpaired) electrons. The molecule has 0 aliphatic carbocycles. The summed E-state index contributed by atoms with van der Waals surface area (Å²) in [5.41, 5.74) is 3.48. The summed E-state index contributed by atoms with van der Waals surface area (Å²) in [5, 5.41) is 3.45. The second kappa shape index (κ2) is 11.2. The van der Waals surface area contributed by atoms with E-state index in [1.165, 1.54) is 18.4 Å². The second-order valence-corrected chi connectivity index (χ2v) is 8.78. The number of nitrogens with zero attached hydrogens (tertiary/aromatic N) is 5. The van der Waals surface area contributed by atoms with E-state index >= 15 is 0 Å². The van der Waals surface area contributed by atoms with Crippen LogP contribution < -0.4 is 10.1 Å². The molecule has 2 aromatic heterocycles. The van der Waals surface area contributed by atoms with E-state index in [1.807, 2.05) is 37.5 Å². The number of anilines is 1. The zero-order chi connectivity index (χ0) is 23.0. The summed E-state index contributed by atoms with van der Waals surface area (Å²) in [6.45, 7) is 7.89. The molecule has 7 heteroatoms. The van der Waals surface area contributed by atoms with Crippen LogP contribution in [0.15, 0.2) is 42.7 Å². The number of piperidine rings is 1. The lowest BCUT2D eigenvalue weighted by atomic mass is 9.92. The molecule has 1 N–H and O–H groups in total. The van der Waals surface area contributed by atoms with Gasteiger partial charge >= 0.3 is 0 Å². The van der Waals surface area contributed by atoms with Gasteiger partial charge in [0.25, 0.3) is 0 Å². The van der Waals surface area contributed by atoms with Gasteiger partial charge in [-0.05, 0) is 62.9 Å². The topological polar surface area (TPSA) is 76.1 Å². The van der Waals surface area contributed by atoms with Gasteiger partial charge in [0, 0.05) is 49.2 Å². The summed E-state index contributed by atoms with van der Waals surface area (Å²) >= 11 is 0. The van der Waals surface area contributed by atoms with Crippen molar-refractivity contribution >= 4 is 5.82 Å². The third kappa shape index (κ3) is 6.71. The fourth-order valence-corrected chi connectivity index (χ4v) is 4.35. The molecule has 0 amide bonds. The van der Waals surface area contributed by atoms with Crippen molar-refractivity contribution < 1.29 is 4.74 Å². The maximum absolute atomic E-state index is 5.32. The minimum atomic E-state index is 0.653. The molecule has 1 aliphatic rings. The number of aryl methyl sites for hydroxylation is 2. The molecule has 0 bridgehead atoms. The van der Waals surface area contributed by atoms with E-state index in [1.54, 1.807) is 7.11 Å². The molecule has 0 spiro atoms. The monoisotopic (exact) mass is 446 g/mol. The quantitative estimate of drug-likeness (QED) is 0.527. The van der Waals surface area contributed by atoms with Crippen molar-refractivity contribution in [3.8, 4) is 5.75 Å². The van der Waals surface area contributed by atoms with Gasteiger partial charge in [-0.2, -0.15) is 0 Å². The predicted octanol–water partition coefficient (Wildman–Crippen LogP) is 4.21. The molecule has 0 atom stereocenters. The van der Waals surface area contributed by atoms with Crippen molar-refractivity contribution in [1.29, 1.82) is 0 Å². The highest BCUT2D eigenvalue weighted by Gasteiger charge is 2.20. The van der Waals surface area contributed by atoms with E-state index in [4.69, 9.17) is 9.72 Å². The van der Waals surface area contributed by atoms with Gasteiger partial charge in [-0.3, -0.25) is 4.90 Å². The van der Waals surface area contributed by atoms with Gasteiger partial charge in [-0.25, -0.2) is 19.9 Å². The minimum absolute atomic E-state index is 0.653. The number of hydrogen-bond donors (Lipinski definition) is 1. The first kappa shape index (κ1) is 23.1. The number of methoxy groups -OCH3 is 1. The molecule has 0 saturated carbocycles. The zero-order valence-corrected chi connectivity index (χ0v) is 19.9. The molecule has 3 heterocycles. The van der Waals surface area contributed by atoms with Gasteiger partial charge in [-0.15, -0.1) is 0 Å². The fourth-order valence-electron chi connectivity index (χ4n) is 4.35. The Morgan fingerprint density at radius 3 is 2.58 bits per heavy atom. The standard InChI is InChI=1S/C26H34N6O/c1-4-25-27-16-22(17-28-25)18-32-10-8-20(9-11-32)12-23-14-26(31-19(2)30-23)29-15-21-6-5-7-24(13-21)33-3/h5-7,13-14,16-17,20H,4,8-12,15,18H2,1-3H3,(H,29,30,31). The first-order valence-corrected chi connectivity index (χ1v) is 11.8. The Morgan fingerprint density at radius 2 is 1.85 bits per heavy atom. The van der Waals surface area contributed by atoms with Crippen molar-refractivity contribution in [2.75, 3.05) is 25.5 Å². The van der Waals surface area contributed by atoms with Crippen molar-refractivity contribution in [2.45, 2.75) is 52.6 Å². The van der Waals surface area contributed by atoms with Gasteiger partial charge in [-0.1, -0.05) is 19.1 Å². The smallest absolute Gasteiger partial charge is 0.130 e. The molecule has 4 rings (SSSR count). The third-order valence-electron chi connectivity index (χ3n) is 6.18. The number of hydrogen-bond acceptors (Lipinski definition) is 7. The van der Waals surface area contributed by atoms with Crippen molar-refractivity contribution in [3.05, 3.63) is 71.2 Å². The van der Waals surface area contributed by atoms with Crippen molar-refractivity contribution in [1.82, 2.24) is 24.8 Å². The molecule has 33 heavy (non-hydrogen) atoms. The number of likely N-dealkylation sites (tertiary alicyclic amines) is 1. The van der Waals surface area contributed by atoms with Crippen LogP contribution in [0.2, 0.25) is 0 Å². The van der Waals surface area contributed by atoms with Crippen LogP contribution in [-0.2, 0) is 25.9 Å². The van der Waals surface area contributed by atoms with E-state index in [9.17, 15) is 0 Å². The molecule has 1 aromatic carbocycles. The number of ether oxygens (including phenoxy) is 1. The van der Waals surface area contributed by atoms with Crippen LogP contribution >= 0.6 is 0 Å². The molecule has 1 aliphatic heterocycles. The number of rotatable bonds is 9. The van der Waals surface area contributed by atoms with Crippen LogP contribution in [0.5, 0.6) is 5.75 Å². The van der Waals surface area contributed by atoms with E-state index in [-0.39, 0.29) is 0 Å². The third-order valence-corrected chi connectivity index (χ3v) is 6.18. The average Bonchev–Trinajstić information content (AvgIpc) is 2.84. The first-order chi connectivity index (χ1) is 16.1. The summed E-state index contributed by atoms with van der Waals surface area (Å²) < 4.78 is 5.32. The Morgan fingerprint density at radius 1 is 1.06 bits per heavy atom. The molecule has 7 nitrogen and oxygen atoms in total. The van der Waals surface area contributed by atoms with Crippen LogP contribution in [-0.4, -0.2) is 45.0 Å². The second-order valence-electron chi connectivity index (χ2n) is 8.78. The van der Waals surface area contributed by atoms with Gasteiger partial charge in [0.15, 0.2) is 0 Å². The lowest BCUT2D eigenvalue weighted by Gasteiger charge is -2.31. The van der Waals surface area contributed by atoms with Crippen molar-refractivity contribution in [3.63, 3.8) is 0 Å². The Bertz CT molecular complexity index is 1030. The Kier molecular flexibility index (Phi) is 7.83. The van der Waals surface area contributed by atoms with Gasteiger partial charge in [0.1, 0.15) is 23.2 Å². The van der Waals surface area contributed by atoms with Crippen LogP contribution in [0.25, 0.3) is 0 Å². The van der Waals surface area contributed by atoms with Gasteiger partial charge in [0.2, 0.25) is 0 Å². The average molecular weight is 447 g/mol. The van der Waals surface area contributed by atoms with Crippen LogP contribution in [0, 0.1) is 12.8 Å². The van der Waals surface area contributed by atoms with Gasteiger partial charge < -0.3 is 10.1 Å². The van der Waals surface area contributed by atoms with Crippen LogP contribution in [0.1, 0.15) is 48.2 Å². The number of aromatic nitrogens is 4. The normalized spacial score (nSPS) is 14.9.